The van der Waals surface area contributed by atoms with Crippen LogP contribution in [0.15, 0.2) is 23.1 Å². The fourth-order valence-corrected chi connectivity index (χ4v) is 6.17. The number of hydrogen-bond acceptors (Lipinski definition) is 5. The van der Waals surface area contributed by atoms with Crippen LogP contribution in [0.25, 0.3) is 0 Å². The number of imide groups is 1. The number of rotatable bonds is 7. The second-order valence-corrected chi connectivity index (χ2v) is 9.86. The van der Waals surface area contributed by atoms with Gasteiger partial charge in [0.25, 0.3) is 0 Å². The molecule has 3 amide bonds. The van der Waals surface area contributed by atoms with Gasteiger partial charge in [-0.05, 0) is 31.0 Å². The van der Waals surface area contributed by atoms with Gasteiger partial charge in [0.05, 0.1) is 16.9 Å². The first-order chi connectivity index (χ1) is 14.2. The van der Waals surface area contributed by atoms with E-state index in [0.717, 1.165) is 17.7 Å². The van der Waals surface area contributed by atoms with Crippen LogP contribution in [-0.4, -0.2) is 55.0 Å². The molecule has 2 atom stereocenters. The molecule has 1 saturated heterocycles. The van der Waals surface area contributed by atoms with E-state index in [-0.39, 0.29) is 58.9 Å². The van der Waals surface area contributed by atoms with Crippen molar-refractivity contribution in [3.8, 4) is 0 Å². The van der Waals surface area contributed by atoms with Crippen LogP contribution in [0.4, 0.5) is 5.69 Å². The topological polar surface area (TPSA) is 104 Å². The number of nitrogens with zero attached hydrogens (tertiary/aromatic N) is 2. The molecule has 1 aliphatic heterocycles. The van der Waals surface area contributed by atoms with E-state index in [1.807, 2.05) is 0 Å². The van der Waals surface area contributed by atoms with Crippen molar-refractivity contribution in [3.63, 3.8) is 0 Å². The first-order valence-electron chi connectivity index (χ1n) is 10.2. The zero-order valence-electron chi connectivity index (χ0n) is 17.1. The third-order valence-electron chi connectivity index (χ3n) is 5.77. The zero-order chi connectivity index (χ0) is 22.1. The molecule has 3 rings (SSSR count). The Kier molecular flexibility index (Phi) is 6.84. The number of carbonyl (C=O) groups is 3. The molecule has 2 fully saturated rings. The molecule has 1 aliphatic carbocycles. The maximum absolute atomic E-state index is 12.8. The summed E-state index contributed by atoms with van der Waals surface area (Å²) < 4.78 is 26.9. The Morgan fingerprint density at radius 2 is 1.70 bits per heavy atom. The van der Waals surface area contributed by atoms with Crippen LogP contribution >= 0.6 is 11.6 Å². The van der Waals surface area contributed by atoms with Gasteiger partial charge in [0.1, 0.15) is 11.4 Å². The van der Waals surface area contributed by atoms with E-state index < -0.39 is 15.9 Å². The summed E-state index contributed by atoms with van der Waals surface area (Å²) in [5.41, 5.74) is 0.228. The van der Waals surface area contributed by atoms with Crippen LogP contribution in [0, 0.1) is 11.8 Å². The van der Waals surface area contributed by atoms with Crippen LogP contribution in [-0.2, 0) is 24.4 Å². The molecule has 2 aliphatic rings. The first-order valence-corrected chi connectivity index (χ1v) is 12.0. The summed E-state index contributed by atoms with van der Waals surface area (Å²) in [7, 11) is -3.81. The smallest absolute Gasteiger partial charge is 0.244 e. The number of nitrogens with one attached hydrogen (secondary N) is 1. The van der Waals surface area contributed by atoms with Gasteiger partial charge in [0.2, 0.25) is 27.7 Å². The summed E-state index contributed by atoms with van der Waals surface area (Å²) in [5.74, 6) is -1.79. The Morgan fingerprint density at radius 3 is 2.23 bits per heavy atom. The van der Waals surface area contributed by atoms with Gasteiger partial charge in [-0.3, -0.25) is 19.3 Å². The highest BCUT2D eigenvalue weighted by atomic mass is 35.5. The lowest BCUT2D eigenvalue weighted by molar-refractivity contribution is -0.142. The number of benzene rings is 1. The summed E-state index contributed by atoms with van der Waals surface area (Å²) in [4.78, 5) is 38.5. The van der Waals surface area contributed by atoms with Gasteiger partial charge in [-0.2, -0.15) is 4.31 Å². The van der Waals surface area contributed by atoms with E-state index in [1.54, 1.807) is 13.8 Å². The summed E-state index contributed by atoms with van der Waals surface area (Å²) in [5, 5.41) is 2.63. The minimum atomic E-state index is -3.81. The maximum atomic E-state index is 12.8. The quantitative estimate of drug-likeness (QED) is 0.636. The molecule has 0 aromatic heterocycles. The molecule has 0 bridgehead atoms. The first kappa shape index (κ1) is 22.7. The van der Waals surface area contributed by atoms with Crippen LogP contribution < -0.4 is 5.32 Å². The Balaban J connectivity index is 1.75. The second-order valence-electron chi connectivity index (χ2n) is 7.54. The Labute approximate surface area is 181 Å². The van der Waals surface area contributed by atoms with Gasteiger partial charge >= 0.3 is 0 Å². The number of hydrogen-bond donors (Lipinski definition) is 1. The molecule has 0 spiro atoms. The summed E-state index contributed by atoms with van der Waals surface area (Å²) in [6.45, 7) is 3.64. The lowest BCUT2D eigenvalue weighted by Crippen LogP contribution is -2.38. The van der Waals surface area contributed by atoms with E-state index in [9.17, 15) is 22.8 Å². The molecule has 30 heavy (non-hydrogen) atoms. The van der Waals surface area contributed by atoms with Gasteiger partial charge in [0, 0.05) is 18.8 Å². The standard InChI is InChI=1S/C20H26ClN3O5S/c1-3-23(4-2)30(28,29)17-11-13(9-10-16(17)21)22-18(25)12-24-19(26)14-7-5-6-8-15(14)20(24)27/h9-11,14-15H,3-8,12H2,1-2H3,(H,22,25). The van der Waals surface area contributed by atoms with Gasteiger partial charge in [-0.1, -0.05) is 38.3 Å². The third-order valence-corrected chi connectivity index (χ3v) is 8.30. The molecule has 10 heteroatoms. The zero-order valence-corrected chi connectivity index (χ0v) is 18.6. The number of halogens is 1. The monoisotopic (exact) mass is 455 g/mol. The van der Waals surface area contributed by atoms with Crippen molar-refractivity contribution in [1.29, 1.82) is 0 Å². The van der Waals surface area contributed by atoms with Gasteiger partial charge in [0.15, 0.2) is 0 Å². The van der Waals surface area contributed by atoms with Crippen molar-refractivity contribution >= 4 is 45.0 Å². The second kappa shape index (κ2) is 9.03. The molecule has 164 valence electrons. The van der Waals surface area contributed by atoms with E-state index in [0.29, 0.717) is 12.8 Å². The largest absolute Gasteiger partial charge is 0.324 e. The van der Waals surface area contributed by atoms with Crippen molar-refractivity contribution in [3.05, 3.63) is 23.2 Å². The minimum absolute atomic E-state index is 0.0499. The van der Waals surface area contributed by atoms with Gasteiger partial charge < -0.3 is 5.32 Å². The fourth-order valence-electron chi connectivity index (χ4n) is 4.21. The van der Waals surface area contributed by atoms with Crippen molar-refractivity contribution < 1.29 is 22.8 Å². The number of fused-ring (bicyclic) bond motifs is 1. The highest BCUT2D eigenvalue weighted by Gasteiger charge is 2.48. The molecule has 0 radical (unpaired) electrons. The summed E-state index contributed by atoms with van der Waals surface area (Å²) >= 11 is 6.10. The van der Waals surface area contributed by atoms with E-state index in [1.165, 1.54) is 22.5 Å². The lowest BCUT2D eigenvalue weighted by Gasteiger charge is -2.20. The molecule has 1 saturated carbocycles. The average molecular weight is 456 g/mol. The van der Waals surface area contributed by atoms with Crippen LogP contribution in [0.5, 0.6) is 0 Å². The summed E-state index contributed by atoms with van der Waals surface area (Å²) in [6, 6.07) is 4.17. The van der Waals surface area contributed by atoms with Crippen molar-refractivity contribution in [1.82, 2.24) is 9.21 Å². The maximum Gasteiger partial charge on any atom is 0.244 e. The van der Waals surface area contributed by atoms with E-state index >= 15 is 0 Å². The number of anilines is 1. The Bertz CT molecular complexity index is 937. The summed E-state index contributed by atoms with van der Waals surface area (Å²) in [6.07, 6.45) is 3.18. The average Bonchev–Trinajstić information content (AvgIpc) is 2.95. The molecule has 1 N–H and O–H groups in total. The van der Waals surface area contributed by atoms with Gasteiger partial charge in [-0.15, -0.1) is 0 Å². The van der Waals surface area contributed by atoms with Crippen molar-refractivity contribution in [2.75, 3.05) is 25.0 Å². The van der Waals surface area contributed by atoms with Crippen LogP contribution in [0.3, 0.4) is 0 Å². The molecular weight excluding hydrogens is 430 g/mol. The molecule has 1 aromatic carbocycles. The number of likely N-dealkylation sites (tertiary alicyclic amines) is 1. The van der Waals surface area contributed by atoms with E-state index in [2.05, 4.69) is 5.32 Å². The number of sulfonamides is 1. The molecule has 8 nitrogen and oxygen atoms in total. The van der Waals surface area contributed by atoms with Crippen LogP contribution in [0.2, 0.25) is 5.02 Å². The van der Waals surface area contributed by atoms with Crippen LogP contribution in [0.1, 0.15) is 39.5 Å². The minimum Gasteiger partial charge on any atom is -0.324 e. The SMILES string of the molecule is CCN(CC)S(=O)(=O)c1cc(NC(=O)CN2C(=O)C3CCCCC3C2=O)ccc1Cl. The van der Waals surface area contributed by atoms with E-state index in [4.69, 9.17) is 11.6 Å². The number of amides is 3. The highest BCUT2D eigenvalue weighted by molar-refractivity contribution is 7.89. The highest BCUT2D eigenvalue weighted by Crippen LogP contribution is 2.38. The third kappa shape index (κ3) is 4.24. The van der Waals surface area contributed by atoms with Crippen molar-refractivity contribution in [2.24, 2.45) is 11.8 Å². The predicted octanol–water partition coefficient (Wildman–Crippen LogP) is 2.48. The van der Waals surface area contributed by atoms with Gasteiger partial charge in [-0.25, -0.2) is 8.42 Å². The predicted molar refractivity (Wildman–Crippen MR) is 112 cm³/mol. The normalized spacial score (nSPS) is 21.8. The lowest BCUT2D eigenvalue weighted by atomic mass is 9.81. The molecular formula is C20H26ClN3O5S. The molecule has 2 unspecified atom stereocenters. The van der Waals surface area contributed by atoms with Crippen molar-refractivity contribution in [2.45, 2.75) is 44.4 Å². The molecule has 1 heterocycles. The Morgan fingerprint density at radius 1 is 1.13 bits per heavy atom. The number of carbonyl (C=O) groups excluding carboxylic acids is 3. The fraction of sp³-hybridized carbons (Fsp3) is 0.550. The molecule has 1 aromatic rings. The Hall–Kier alpha value is -1.97.